The van der Waals surface area contributed by atoms with E-state index in [1.165, 1.54) is 18.2 Å². The lowest BCUT2D eigenvalue weighted by atomic mass is 10.1. The molecule has 0 fully saturated rings. The highest BCUT2D eigenvalue weighted by Gasteiger charge is 2.25. The molecule has 0 bridgehead atoms. The molecular formula is C13H16N2O4. The highest BCUT2D eigenvalue weighted by molar-refractivity contribution is 5.97. The Balaban J connectivity index is 3.44. The number of carboxylic acids is 1. The molecule has 0 saturated carbocycles. The summed E-state index contributed by atoms with van der Waals surface area (Å²) in [6.45, 7) is 6.41. The average molecular weight is 264 g/mol. The summed E-state index contributed by atoms with van der Waals surface area (Å²) < 4.78 is 0. The second kappa shape index (κ2) is 6.53. The maximum atomic E-state index is 11.2. The lowest BCUT2D eigenvalue weighted by Gasteiger charge is -2.23. The first kappa shape index (κ1) is 14.7. The van der Waals surface area contributed by atoms with Crippen LogP contribution in [0.1, 0.15) is 23.7 Å². The van der Waals surface area contributed by atoms with Crippen molar-refractivity contribution in [2.75, 3.05) is 18.0 Å². The van der Waals surface area contributed by atoms with Crippen LogP contribution in [0.4, 0.5) is 11.4 Å². The molecule has 0 aromatic heterocycles. The van der Waals surface area contributed by atoms with Crippen LogP contribution in [0.3, 0.4) is 0 Å². The minimum Gasteiger partial charge on any atom is -0.478 e. The Morgan fingerprint density at radius 3 is 2.74 bits per heavy atom. The molecule has 0 unspecified atom stereocenters. The van der Waals surface area contributed by atoms with Gasteiger partial charge >= 0.3 is 5.97 Å². The topological polar surface area (TPSA) is 83.7 Å². The van der Waals surface area contributed by atoms with Crippen molar-refractivity contribution in [3.8, 4) is 0 Å². The molecule has 0 aliphatic heterocycles. The highest BCUT2D eigenvalue weighted by atomic mass is 16.6. The Bertz CT molecular complexity index is 467. The van der Waals surface area contributed by atoms with Crippen molar-refractivity contribution < 1.29 is 14.8 Å². The van der Waals surface area contributed by atoms with E-state index >= 15 is 0 Å². The second-order valence-corrected chi connectivity index (χ2v) is 3.97. The van der Waals surface area contributed by atoms with E-state index in [1.807, 2.05) is 6.92 Å². The third-order valence-corrected chi connectivity index (χ3v) is 2.60. The van der Waals surface area contributed by atoms with Gasteiger partial charge in [0.05, 0.1) is 10.5 Å². The van der Waals surface area contributed by atoms with Gasteiger partial charge in [-0.3, -0.25) is 10.1 Å². The van der Waals surface area contributed by atoms with Crippen LogP contribution < -0.4 is 4.90 Å². The number of benzene rings is 1. The number of rotatable bonds is 7. The number of aromatic carboxylic acids is 1. The normalized spacial score (nSPS) is 9.95. The van der Waals surface area contributed by atoms with Crippen LogP contribution >= 0.6 is 0 Å². The van der Waals surface area contributed by atoms with Crippen LogP contribution in [0.15, 0.2) is 30.9 Å². The van der Waals surface area contributed by atoms with E-state index in [2.05, 4.69) is 6.58 Å². The molecule has 0 aliphatic rings. The Morgan fingerprint density at radius 2 is 2.26 bits per heavy atom. The predicted octanol–water partition coefficient (Wildman–Crippen LogP) is 2.70. The summed E-state index contributed by atoms with van der Waals surface area (Å²) in [6.07, 6.45) is 2.34. The number of anilines is 1. The van der Waals surface area contributed by atoms with Gasteiger partial charge in [-0.1, -0.05) is 19.1 Å². The van der Waals surface area contributed by atoms with E-state index in [0.29, 0.717) is 13.1 Å². The van der Waals surface area contributed by atoms with Gasteiger partial charge in [-0.2, -0.15) is 0 Å². The van der Waals surface area contributed by atoms with Gasteiger partial charge in [-0.15, -0.1) is 6.58 Å². The molecule has 1 aromatic rings. The number of nitrogens with zero attached hydrogens (tertiary/aromatic N) is 2. The van der Waals surface area contributed by atoms with Gasteiger partial charge in [0.1, 0.15) is 5.69 Å². The molecule has 0 spiro atoms. The molecule has 102 valence electrons. The number of para-hydroxylation sites is 1. The fourth-order valence-electron chi connectivity index (χ4n) is 1.90. The van der Waals surface area contributed by atoms with Gasteiger partial charge in [0.15, 0.2) is 0 Å². The third-order valence-electron chi connectivity index (χ3n) is 2.60. The summed E-state index contributed by atoms with van der Waals surface area (Å²) in [6, 6.07) is 4.06. The molecular weight excluding hydrogens is 248 g/mol. The fraction of sp³-hybridized carbons (Fsp3) is 0.308. The van der Waals surface area contributed by atoms with Crippen molar-refractivity contribution in [3.63, 3.8) is 0 Å². The maximum Gasteiger partial charge on any atom is 0.338 e. The van der Waals surface area contributed by atoms with E-state index in [0.717, 1.165) is 6.42 Å². The fourth-order valence-corrected chi connectivity index (χ4v) is 1.90. The zero-order valence-corrected chi connectivity index (χ0v) is 10.7. The zero-order chi connectivity index (χ0) is 14.4. The van der Waals surface area contributed by atoms with Crippen molar-refractivity contribution >= 4 is 17.3 Å². The number of nitro groups is 1. The Morgan fingerprint density at radius 1 is 1.58 bits per heavy atom. The number of carbonyl (C=O) groups is 1. The highest BCUT2D eigenvalue weighted by Crippen LogP contribution is 2.32. The number of nitro benzene ring substituents is 1. The molecule has 19 heavy (non-hydrogen) atoms. The number of carboxylic acid groups (broad SMARTS) is 1. The summed E-state index contributed by atoms with van der Waals surface area (Å²) in [7, 11) is 0. The molecule has 1 aromatic carbocycles. The van der Waals surface area contributed by atoms with Gasteiger partial charge in [-0.05, 0) is 12.5 Å². The van der Waals surface area contributed by atoms with Crippen LogP contribution in [-0.4, -0.2) is 29.1 Å². The first-order valence-corrected chi connectivity index (χ1v) is 5.89. The third kappa shape index (κ3) is 3.31. The van der Waals surface area contributed by atoms with Crippen molar-refractivity contribution in [1.29, 1.82) is 0 Å². The molecule has 0 heterocycles. The maximum absolute atomic E-state index is 11.2. The lowest BCUT2D eigenvalue weighted by Crippen LogP contribution is -2.27. The SMILES string of the molecule is C=CCN(CCC)c1c(C(=O)O)cccc1[N+](=O)[O-]. The lowest BCUT2D eigenvalue weighted by molar-refractivity contribution is -0.384. The average Bonchev–Trinajstić information content (AvgIpc) is 2.37. The molecule has 1 rings (SSSR count). The van der Waals surface area contributed by atoms with Crippen molar-refractivity contribution in [2.24, 2.45) is 0 Å². The summed E-state index contributed by atoms with van der Waals surface area (Å²) >= 11 is 0. The standard InChI is InChI=1S/C13H16N2O4/c1-3-8-14(9-4-2)12-10(13(16)17)6-5-7-11(12)15(18)19/h3,5-7H,1,4,8-9H2,2H3,(H,16,17). The zero-order valence-electron chi connectivity index (χ0n) is 10.7. The van der Waals surface area contributed by atoms with Crippen LogP contribution in [-0.2, 0) is 0 Å². The predicted molar refractivity (Wildman–Crippen MR) is 72.8 cm³/mol. The first-order valence-electron chi connectivity index (χ1n) is 5.89. The molecule has 0 saturated heterocycles. The smallest absolute Gasteiger partial charge is 0.338 e. The summed E-state index contributed by atoms with van der Waals surface area (Å²) in [5.74, 6) is -1.18. The van der Waals surface area contributed by atoms with Crippen molar-refractivity contribution in [2.45, 2.75) is 13.3 Å². The molecule has 0 amide bonds. The van der Waals surface area contributed by atoms with Crippen LogP contribution in [0.2, 0.25) is 0 Å². The quantitative estimate of drug-likeness (QED) is 0.465. The van der Waals surface area contributed by atoms with Gasteiger partial charge in [0.25, 0.3) is 5.69 Å². The van der Waals surface area contributed by atoms with Crippen molar-refractivity contribution in [3.05, 3.63) is 46.5 Å². The first-order chi connectivity index (χ1) is 9.02. The molecule has 0 radical (unpaired) electrons. The molecule has 1 N–H and O–H groups in total. The minimum absolute atomic E-state index is 0.0653. The van der Waals surface area contributed by atoms with E-state index in [4.69, 9.17) is 0 Å². The van der Waals surface area contributed by atoms with Gasteiger partial charge in [-0.25, -0.2) is 4.79 Å². The molecule has 6 heteroatoms. The van der Waals surface area contributed by atoms with E-state index < -0.39 is 10.9 Å². The van der Waals surface area contributed by atoms with Crippen LogP contribution in [0.5, 0.6) is 0 Å². The van der Waals surface area contributed by atoms with Crippen LogP contribution in [0.25, 0.3) is 0 Å². The largest absolute Gasteiger partial charge is 0.478 e. The molecule has 6 nitrogen and oxygen atoms in total. The minimum atomic E-state index is -1.18. The van der Waals surface area contributed by atoms with Gasteiger partial charge < -0.3 is 10.0 Å². The van der Waals surface area contributed by atoms with Gasteiger partial charge in [0, 0.05) is 19.2 Å². The van der Waals surface area contributed by atoms with Gasteiger partial charge in [0.2, 0.25) is 0 Å². The Hall–Kier alpha value is -2.37. The summed E-state index contributed by atoms with van der Waals surface area (Å²) in [5.41, 5.74) is -0.124. The van der Waals surface area contributed by atoms with Crippen molar-refractivity contribution in [1.82, 2.24) is 0 Å². The summed E-state index contributed by atoms with van der Waals surface area (Å²) in [4.78, 5) is 23.4. The van der Waals surface area contributed by atoms with E-state index in [1.54, 1.807) is 11.0 Å². The summed E-state index contributed by atoms with van der Waals surface area (Å²) in [5, 5.41) is 20.3. The molecule has 0 atom stereocenters. The monoisotopic (exact) mass is 264 g/mol. The number of hydrogen-bond acceptors (Lipinski definition) is 4. The van der Waals surface area contributed by atoms with E-state index in [9.17, 15) is 20.0 Å². The van der Waals surface area contributed by atoms with E-state index in [-0.39, 0.29) is 16.9 Å². The Kier molecular flexibility index (Phi) is 5.05. The van der Waals surface area contributed by atoms with Crippen LogP contribution in [0, 0.1) is 10.1 Å². The Labute approximate surface area is 111 Å². The number of hydrogen-bond donors (Lipinski definition) is 1. The second-order valence-electron chi connectivity index (χ2n) is 3.97. The molecule has 0 aliphatic carbocycles.